The van der Waals surface area contributed by atoms with Gasteiger partial charge in [-0.1, -0.05) is 6.92 Å². The zero-order chi connectivity index (χ0) is 15.2. The summed E-state index contributed by atoms with van der Waals surface area (Å²) in [5.74, 6) is -0.526. The lowest BCUT2D eigenvalue weighted by molar-refractivity contribution is -0.140. The Kier molecular flexibility index (Phi) is 5.27. The highest BCUT2D eigenvalue weighted by Gasteiger charge is 2.12. The molecule has 0 aliphatic carbocycles. The Balaban J connectivity index is 2.02. The van der Waals surface area contributed by atoms with Crippen molar-refractivity contribution >= 4 is 17.7 Å². The monoisotopic (exact) mass is 306 g/mol. The largest absolute Gasteiger partial charge is 0.469 e. The van der Waals surface area contributed by atoms with Gasteiger partial charge in [-0.2, -0.15) is 0 Å². The van der Waals surface area contributed by atoms with E-state index >= 15 is 0 Å². The number of nitrogens with zero attached hydrogens (tertiary/aromatic N) is 2. The van der Waals surface area contributed by atoms with Crippen LogP contribution < -0.4 is 0 Å². The van der Waals surface area contributed by atoms with Crippen LogP contribution in [0.4, 0.5) is 4.39 Å². The van der Waals surface area contributed by atoms with Gasteiger partial charge >= 0.3 is 5.97 Å². The molecule has 0 bridgehead atoms. The summed E-state index contributed by atoms with van der Waals surface area (Å²) in [4.78, 5) is 11.2. The molecule has 0 saturated carbocycles. The molecule has 6 heteroatoms. The van der Waals surface area contributed by atoms with Crippen LogP contribution in [0.1, 0.15) is 13.3 Å². The van der Waals surface area contributed by atoms with Gasteiger partial charge in [-0.05, 0) is 36.4 Å². The number of hydrogen-bond donors (Lipinski definition) is 0. The summed E-state index contributed by atoms with van der Waals surface area (Å²) in [5.41, 5.74) is 1.49. The van der Waals surface area contributed by atoms with Crippen molar-refractivity contribution in [3.63, 3.8) is 0 Å². The molecule has 0 saturated heterocycles. The molecule has 0 aliphatic heterocycles. The van der Waals surface area contributed by atoms with Crippen molar-refractivity contribution in [3.8, 4) is 11.3 Å². The van der Waals surface area contributed by atoms with Gasteiger partial charge in [0.2, 0.25) is 0 Å². The highest BCUT2D eigenvalue weighted by molar-refractivity contribution is 7.99. The Labute approximate surface area is 126 Å². The third kappa shape index (κ3) is 4.53. The van der Waals surface area contributed by atoms with Crippen molar-refractivity contribution in [1.82, 2.24) is 10.2 Å². The Morgan fingerprint density at radius 2 is 1.95 bits per heavy atom. The van der Waals surface area contributed by atoms with Gasteiger partial charge in [0.25, 0.3) is 0 Å². The molecule has 110 valence electrons. The predicted octanol–water partition coefficient (Wildman–Crippen LogP) is 3.33. The summed E-state index contributed by atoms with van der Waals surface area (Å²) >= 11 is 1.46. The van der Waals surface area contributed by atoms with Crippen LogP contribution in [0.2, 0.25) is 0 Å². The fraction of sp³-hybridized carbons (Fsp3) is 0.267. The van der Waals surface area contributed by atoms with Gasteiger partial charge in [-0.15, -0.1) is 22.0 Å². The van der Waals surface area contributed by atoms with Crippen molar-refractivity contribution in [1.29, 1.82) is 0 Å². The van der Waals surface area contributed by atoms with Gasteiger partial charge in [0, 0.05) is 10.8 Å². The van der Waals surface area contributed by atoms with E-state index in [0.29, 0.717) is 12.1 Å². The molecule has 0 N–H and O–H groups in total. The van der Waals surface area contributed by atoms with Gasteiger partial charge < -0.3 is 4.74 Å². The first-order chi connectivity index (χ1) is 10.1. The minimum absolute atomic E-state index is 0.0587. The van der Waals surface area contributed by atoms with Crippen LogP contribution in [0.5, 0.6) is 0 Å². The van der Waals surface area contributed by atoms with Gasteiger partial charge in [-0.25, -0.2) is 4.39 Å². The molecule has 2 rings (SSSR count). The topological polar surface area (TPSA) is 52.1 Å². The van der Waals surface area contributed by atoms with E-state index in [1.54, 1.807) is 12.1 Å². The Morgan fingerprint density at radius 1 is 1.24 bits per heavy atom. The second-order valence-corrected chi connectivity index (χ2v) is 5.93. The first-order valence-electron chi connectivity index (χ1n) is 6.41. The molecule has 4 nitrogen and oxygen atoms in total. The molecule has 1 atom stereocenters. The number of carbonyl (C=O) groups is 1. The fourth-order valence-corrected chi connectivity index (χ4v) is 2.59. The fourth-order valence-electron chi connectivity index (χ4n) is 1.72. The third-order valence-electron chi connectivity index (χ3n) is 2.78. The number of aromatic nitrogens is 2. The number of benzene rings is 1. The number of ether oxygens (including phenoxy) is 1. The zero-order valence-electron chi connectivity index (χ0n) is 11.7. The van der Waals surface area contributed by atoms with Crippen molar-refractivity contribution in [2.45, 2.75) is 23.6 Å². The Bertz CT molecular complexity index is 602. The maximum atomic E-state index is 12.9. The molecule has 2 aromatic rings. The highest BCUT2D eigenvalue weighted by atomic mass is 32.2. The number of hydrogen-bond acceptors (Lipinski definition) is 5. The minimum atomic E-state index is -0.282. The van der Waals surface area contributed by atoms with E-state index in [1.807, 2.05) is 19.1 Å². The first kappa shape index (κ1) is 15.4. The normalized spacial score (nSPS) is 12.0. The molecule has 0 aliphatic rings. The lowest BCUT2D eigenvalue weighted by Crippen LogP contribution is -2.08. The maximum absolute atomic E-state index is 12.9. The van der Waals surface area contributed by atoms with Crippen LogP contribution in [0.15, 0.2) is 41.4 Å². The smallest absolute Gasteiger partial charge is 0.306 e. The molecular weight excluding hydrogens is 291 g/mol. The van der Waals surface area contributed by atoms with Gasteiger partial charge in [0.15, 0.2) is 0 Å². The van der Waals surface area contributed by atoms with Crippen LogP contribution in [0.3, 0.4) is 0 Å². The highest BCUT2D eigenvalue weighted by Crippen LogP contribution is 2.24. The van der Waals surface area contributed by atoms with E-state index in [4.69, 9.17) is 0 Å². The summed E-state index contributed by atoms with van der Waals surface area (Å²) in [6.07, 6.45) is 0.322. The average molecular weight is 306 g/mol. The van der Waals surface area contributed by atoms with Crippen LogP contribution in [-0.2, 0) is 9.53 Å². The zero-order valence-corrected chi connectivity index (χ0v) is 12.6. The summed E-state index contributed by atoms with van der Waals surface area (Å²) in [6.45, 7) is 1.93. The van der Waals surface area contributed by atoms with E-state index in [1.165, 1.54) is 31.0 Å². The van der Waals surface area contributed by atoms with Crippen molar-refractivity contribution < 1.29 is 13.9 Å². The van der Waals surface area contributed by atoms with Gasteiger partial charge in [-0.3, -0.25) is 4.79 Å². The summed E-state index contributed by atoms with van der Waals surface area (Å²) < 4.78 is 17.5. The molecule has 0 spiro atoms. The van der Waals surface area contributed by atoms with Crippen LogP contribution >= 0.6 is 11.8 Å². The molecule has 0 fully saturated rings. The van der Waals surface area contributed by atoms with E-state index in [2.05, 4.69) is 14.9 Å². The first-order valence-corrected chi connectivity index (χ1v) is 7.29. The van der Waals surface area contributed by atoms with Gasteiger partial charge in [0.05, 0.1) is 19.2 Å². The van der Waals surface area contributed by atoms with Crippen LogP contribution in [0, 0.1) is 5.82 Å². The second kappa shape index (κ2) is 7.17. The summed E-state index contributed by atoms with van der Waals surface area (Å²) in [5, 5.41) is 9.03. The minimum Gasteiger partial charge on any atom is -0.469 e. The van der Waals surface area contributed by atoms with Crippen molar-refractivity contribution in [3.05, 3.63) is 42.2 Å². The summed E-state index contributed by atoms with van der Waals surface area (Å²) in [7, 11) is 1.37. The number of methoxy groups -OCH3 is 1. The predicted molar refractivity (Wildman–Crippen MR) is 79.4 cm³/mol. The Morgan fingerprint density at radius 3 is 2.52 bits per heavy atom. The van der Waals surface area contributed by atoms with E-state index in [-0.39, 0.29) is 17.0 Å². The molecule has 1 heterocycles. The quantitative estimate of drug-likeness (QED) is 0.626. The van der Waals surface area contributed by atoms with E-state index in [9.17, 15) is 9.18 Å². The molecule has 1 aromatic carbocycles. The van der Waals surface area contributed by atoms with E-state index < -0.39 is 0 Å². The third-order valence-corrected chi connectivity index (χ3v) is 3.81. The lowest BCUT2D eigenvalue weighted by atomic mass is 10.1. The summed E-state index contributed by atoms with van der Waals surface area (Å²) in [6, 6.07) is 9.76. The molecule has 1 unspecified atom stereocenters. The number of halogens is 1. The van der Waals surface area contributed by atoms with Crippen molar-refractivity contribution in [2.24, 2.45) is 0 Å². The number of thioether (sulfide) groups is 1. The molecule has 0 amide bonds. The van der Waals surface area contributed by atoms with Gasteiger partial charge in [0.1, 0.15) is 10.8 Å². The number of carbonyl (C=O) groups excluding carboxylic acids is 1. The van der Waals surface area contributed by atoms with Crippen LogP contribution in [0.25, 0.3) is 11.3 Å². The SMILES string of the molecule is COC(=O)CC(C)Sc1ccc(-c2ccc(F)cc2)nn1. The van der Waals surface area contributed by atoms with Crippen LogP contribution in [-0.4, -0.2) is 28.5 Å². The lowest BCUT2D eigenvalue weighted by Gasteiger charge is -2.08. The average Bonchev–Trinajstić information content (AvgIpc) is 2.48. The molecule has 21 heavy (non-hydrogen) atoms. The second-order valence-electron chi connectivity index (χ2n) is 4.47. The Hall–Kier alpha value is -1.95. The number of esters is 1. The number of rotatable bonds is 5. The maximum Gasteiger partial charge on any atom is 0.306 e. The molecule has 1 aromatic heterocycles. The standard InChI is InChI=1S/C15H15FN2O2S/c1-10(9-15(19)20-2)21-14-8-7-13(17-18-14)11-3-5-12(16)6-4-11/h3-8,10H,9H2,1-2H3. The molecule has 0 radical (unpaired) electrons. The molecular formula is C15H15FN2O2S. The van der Waals surface area contributed by atoms with E-state index in [0.717, 1.165) is 10.6 Å². The van der Waals surface area contributed by atoms with Crippen molar-refractivity contribution in [2.75, 3.05) is 7.11 Å².